The van der Waals surface area contributed by atoms with Crippen LogP contribution in [0.2, 0.25) is 0 Å². The smallest absolute Gasteiger partial charge is 0.210 e. The molecule has 0 radical (unpaired) electrons. The van der Waals surface area contributed by atoms with Crippen molar-refractivity contribution >= 4 is 26.6 Å². The van der Waals surface area contributed by atoms with E-state index < -0.39 is 15.1 Å². The lowest BCUT2D eigenvalue weighted by Gasteiger charge is -2.03. The Hall–Kier alpha value is -1.56. The fourth-order valence-corrected chi connectivity index (χ4v) is 2.19. The molecular formula is C11H14N2O3S. The molecule has 1 aromatic carbocycles. The van der Waals surface area contributed by atoms with Gasteiger partial charge in [0.2, 0.25) is 5.89 Å². The molecule has 5 nitrogen and oxygen atoms in total. The molecule has 0 saturated heterocycles. The van der Waals surface area contributed by atoms with E-state index in [-0.39, 0.29) is 11.6 Å². The highest BCUT2D eigenvalue weighted by Crippen LogP contribution is 2.20. The molecular weight excluding hydrogens is 240 g/mol. The first kappa shape index (κ1) is 11.9. The van der Waals surface area contributed by atoms with Crippen molar-refractivity contribution in [2.45, 2.75) is 24.9 Å². The van der Waals surface area contributed by atoms with E-state index in [0.29, 0.717) is 16.8 Å². The Labute approximate surface area is 99.6 Å². The van der Waals surface area contributed by atoms with Crippen LogP contribution in [0.25, 0.3) is 11.1 Å². The SMILES string of the molecule is CC(C)S(=O)(=O)Cc1nc2cc(N)ccc2o1. The summed E-state index contributed by atoms with van der Waals surface area (Å²) in [7, 11) is -3.20. The third-order valence-corrected chi connectivity index (χ3v) is 4.58. The fourth-order valence-electron chi connectivity index (χ4n) is 1.39. The van der Waals surface area contributed by atoms with Crippen molar-refractivity contribution in [2.24, 2.45) is 0 Å². The topological polar surface area (TPSA) is 86.2 Å². The Morgan fingerprint density at radius 2 is 2.12 bits per heavy atom. The highest BCUT2D eigenvalue weighted by Gasteiger charge is 2.20. The molecule has 6 heteroatoms. The zero-order valence-electron chi connectivity index (χ0n) is 9.67. The lowest BCUT2D eigenvalue weighted by molar-refractivity contribution is 0.537. The summed E-state index contributed by atoms with van der Waals surface area (Å²) in [6.07, 6.45) is 0. The second kappa shape index (κ2) is 4.03. The number of nitrogens with two attached hydrogens (primary N) is 1. The van der Waals surface area contributed by atoms with Gasteiger partial charge in [0.15, 0.2) is 15.4 Å². The Balaban J connectivity index is 2.38. The molecule has 1 aromatic heterocycles. The van der Waals surface area contributed by atoms with Crippen molar-refractivity contribution in [2.75, 3.05) is 5.73 Å². The van der Waals surface area contributed by atoms with Crippen LogP contribution in [0.5, 0.6) is 0 Å². The number of aromatic nitrogens is 1. The van der Waals surface area contributed by atoms with Crippen molar-refractivity contribution in [3.63, 3.8) is 0 Å². The summed E-state index contributed by atoms with van der Waals surface area (Å²) in [6, 6.07) is 5.03. The number of nitrogen functional groups attached to an aromatic ring is 1. The molecule has 0 aliphatic carbocycles. The Kier molecular flexibility index (Phi) is 2.82. The van der Waals surface area contributed by atoms with Gasteiger partial charge in [-0.3, -0.25) is 0 Å². The molecule has 1 heterocycles. The van der Waals surface area contributed by atoms with E-state index in [1.54, 1.807) is 32.0 Å². The largest absolute Gasteiger partial charge is 0.440 e. The van der Waals surface area contributed by atoms with Crippen molar-refractivity contribution in [3.05, 3.63) is 24.1 Å². The van der Waals surface area contributed by atoms with Crippen molar-refractivity contribution in [1.29, 1.82) is 0 Å². The summed E-state index contributed by atoms with van der Waals surface area (Å²) in [5, 5.41) is -0.442. The minimum absolute atomic E-state index is 0.181. The second-order valence-electron chi connectivity index (χ2n) is 4.19. The molecule has 17 heavy (non-hydrogen) atoms. The van der Waals surface area contributed by atoms with Gasteiger partial charge in [-0.2, -0.15) is 0 Å². The van der Waals surface area contributed by atoms with E-state index in [9.17, 15) is 8.42 Å². The van der Waals surface area contributed by atoms with Gasteiger partial charge in [-0.15, -0.1) is 0 Å². The predicted octanol–water partition coefficient (Wildman–Crippen LogP) is 1.73. The molecule has 0 amide bonds. The third kappa shape index (κ3) is 2.41. The van der Waals surface area contributed by atoms with Gasteiger partial charge in [0.1, 0.15) is 11.3 Å². The molecule has 0 aliphatic rings. The minimum Gasteiger partial charge on any atom is -0.440 e. The molecule has 0 unspecified atom stereocenters. The van der Waals surface area contributed by atoms with Gasteiger partial charge in [0, 0.05) is 5.69 Å². The van der Waals surface area contributed by atoms with E-state index >= 15 is 0 Å². The monoisotopic (exact) mass is 254 g/mol. The average Bonchev–Trinajstić information content (AvgIpc) is 2.57. The molecule has 0 aliphatic heterocycles. The quantitative estimate of drug-likeness (QED) is 0.843. The highest BCUT2D eigenvalue weighted by molar-refractivity contribution is 7.91. The normalized spacial score (nSPS) is 12.4. The number of sulfone groups is 1. The van der Waals surface area contributed by atoms with Crippen molar-refractivity contribution < 1.29 is 12.8 Å². The van der Waals surface area contributed by atoms with Gasteiger partial charge in [0.25, 0.3) is 0 Å². The number of nitrogens with zero attached hydrogens (tertiary/aromatic N) is 1. The van der Waals surface area contributed by atoms with Crippen molar-refractivity contribution in [1.82, 2.24) is 4.98 Å². The number of rotatable bonds is 3. The van der Waals surface area contributed by atoms with Crippen LogP contribution in [-0.2, 0) is 15.6 Å². The van der Waals surface area contributed by atoms with Crippen LogP contribution < -0.4 is 5.73 Å². The molecule has 2 N–H and O–H groups in total. The number of anilines is 1. The zero-order chi connectivity index (χ0) is 12.6. The van der Waals surface area contributed by atoms with E-state index in [1.807, 2.05) is 0 Å². The summed E-state index contributed by atoms with van der Waals surface area (Å²) in [5.41, 5.74) is 7.31. The van der Waals surface area contributed by atoms with Gasteiger partial charge in [-0.05, 0) is 32.0 Å². The van der Waals surface area contributed by atoms with E-state index in [2.05, 4.69) is 4.98 Å². The summed E-state index contributed by atoms with van der Waals surface area (Å²) in [4.78, 5) is 4.12. The van der Waals surface area contributed by atoms with Crippen LogP contribution in [0.1, 0.15) is 19.7 Å². The number of oxazole rings is 1. The molecule has 0 atom stereocenters. The van der Waals surface area contributed by atoms with E-state index in [1.165, 1.54) is 0 Å². The van der Waals surface area contributed by atoms with E-state index in [4.69, 9.17) is 10.2 Å². The maximum Gasteiger partial charge on any atom is 0.210 e. The molecule has 0 spiro atoms. The Morgan fingerprint density at radius 1 is 1.41 bits per heavy atom. The summed E-state index contributed by atoms with van der Waals surface area (Å²) in [5.74, 6) is 0.0264. The van der Waals surface area contributed by atoms with Gasteiger partial charge >= 0.3 is 0 Å². The van der Waals surface area contributed by atoms with Gasteiger partial charge in [0.05, 0.1) is 5.25 Å². The molecule has 0 fully saturated rings. The lowest BCUT2D eigenvalue weighted by atomic mass is 10.3. The number of hydrogen-bond donors (Lipinski definition) is 1. The third-order valence-electron chi connectivity index (χ3n) is 2.50. The maximum absolute atomic E-state index is 11.7. The van der Waals surface area contributed by atoms with Crippen LogP contribution in [-0.4, -0.2) is 18.7 Å². The van der Waals surface area contributed by atoms with Crippen LogP contribution in [0, 0.1) is 0 Å². The molecule has 2 rings (SSSR count). The lowest BCUT2D eigenvalue weighted by Crippen LogP contribution is -2.16. The Bertz CT molecular complexity index is 644. The first-order valence-electron chi connectivity index (χ1n) is 5.25. The number of hydrogen-bond acceptors (Lipinski definition) is 5. The highest BCUT2D eigenvalue weighted by atomic mass is 32.2. The zero-order valence-corrected chi connectivity index (χ0v) is 10.5. The molecule has 2 aromatic rings. The minimum atomic E-state index is -3.20. The second-order valence-corrected chi connectivity index (χ2v) is 6.75. The van der Waals surface area contributed by atoms with Gasteiger partial charge in [-0.25, -0.2) is 13.4 Å². The number of fused-ring (bicyclic) bond motifs is 1. The molecule has 92 valence electrons. The predicted molar refractivity (Wildman–Crippen MR) is 66.2 cm³/mol. The van der Waals surface area contributed by atoms with Crippen LogP contribution in [0.4, 0.5) is 5.69 Å². The van der Waals surface area contributed by atoms with Crippen LogP contribution >= 0.6 is 0 Å². The van der Waals surface area contributed by atoms with Crippen LogP contribution in [0.15, 0.2) is 22.6 Å². The van der Waals surface area contributed by atoms with Crippen molar-refractivity contribution in [3.8, 4) is 0 Å². The standard InChI is InChI=1S/C11H14N2O3S/c1-7(2)17(14,15)6-11-13-9-5-8(12)3-4-10(9)16-11/h3-5,7H,6,12H2,1-2H3. The summed E-state index contributed by atoms with van der Waals surface area (Å²) in [6.45, 7) is 3.27. The summed E-state index contributed by atoms with van der Waals surface area (Å²) < 4.78 is 28.8. The van der Waals surface area contributed by atoms with Crippen LogP contribution in [0.3, 0.4) is 0 Å². The first-order valence-corrected chi connectivity index (χ1v) is 6.96. The first-order chi connectivity index (χ1) is 7.88. The summed E-state index contributed by atoms with van der Waals surface area (Å²) >= 11 is 0. The molecule has 0 saturated carbocycles. The average molecular weight is 254 g/mol. The van der Waals surface area contributed by atoms with E-state index in [0.717, 1.165) is 0 Å². The number of benzene rings is 1. The van der Waals surface area contributed by atoms with Gasteiger partial charge in [-0.1, -0.05) is 0 Å². The molecule has 0 bridgehead atoms. The maximum atomic E-state index is 11.7. The van der Waals surface area contributed by atoms with Gasteiger partial charge < -0.3 is 10.2 Å². The fraction of sp³-hybridized carbons (Fsp3) is 0.364. The Morgan fingerprint density at radius 3 is 2.76 bits per heavy atom.